The number of nitrogens with zero attached hydrogens (tertiary/aromatic N) is 1. The number of alkyl halides is 3. The van der Waals surface area contributed by atoms with Crippen LogP contribution in [-0.4, -0.2) is 12.0 Å². The predicted molar refractivity (Wildman–Crippen MR) is 80.3 cm³/mol. The summed E-state index contributed by atoms with van der Waals surface area (Å²) in [6.07, 6.45) is -4.52. The molecule has 128 valence electrons. The molecule has 0 amide bonds. The third kappa shape index (κ3) is 4.06. The van der Waals surface area contributed by atoms with E-state index < -0.39 is 16.7 Å². The van der Waals surface area contributed by atoms with Crippen molar-refractivity contribution in [3.8, 4) is 11.5 Å². The molecule has 0 unspecified atom stereocenters. The van der Waals surface area contributed by atoms with E-state index in [9.17, 15) is 23.3 Å². The van der Waals surface area contributed by atoms with Gasteiger partial charge in [-0.05, 0) is 24.3 Å². The van der Waals surface area contributed by atoms with Crippen molar-refractivity contribution < 1.29 is 27.7 Å². The number of nitro benzene ring substituents is 1. The highest BCUT2D eigenvalue weighted by atomic mass is 35.5. The molecule has 6 nitrogen and oxygen atoms in total. The lowest BCUT2D eigenvalue weighted by Crippen LogP contribution is -2.04. The van der Waals surface area contributed by atoms with E-state index >= 15 is 0 Å². The van der Waals surface area contributed by atoms with Gasteiger partial charge in [-0.1, -0.05) is 11.6 Å². The number of benzene rings is 2. The van der Waals surface area contributed by atoms with Crippen LogP contribution < -0.4 is 10.2 Å². The molecule has 2 aromatic carbocycles. The Kier molecular flexibility index (Phi) is 5.15. The predicted octanol–water partition coefficient (Wildman–Crippen LogP) is 5.03. The summed E-state index contributed by atoms with van der Waals surface area (Å²) < 4.78 is 43.2. The molecular formula is C14H10ClF3N2O4. The smallest absolute Gasteiger partial charge is 0.416 e. The maximum Gasteiger partial charge on any atom is 0.416 e. The van der Waals surface area contributed by atoms with E-state index in [1.807, 2.05) is 0 Å². The summed E-state index contributed by atoms with van der Waals surface area (Å²) in [4.78, 5) is 14.9. The molecule has 0 bridgehead atoms. The highest BCUT2D eigenvalue weighted by Gasteiger charge is 2.31. The van der Waals surface area contributed by atoms with Gasteiger partial charge in [-0.3, -0.25) is 20.4 Å². The normalized spacial score (nSPS) is 11.2. The third-order valence-electron chi connectivity index (χ3n) is 2.86. The van der Waals surface area contributed by atoms with Crippen molar-refractivity contribution in [2.75, 3.05) is 12.6 Å². The van der Waals surface area contributed by atoms with Gasteiger partial charge in [-0.15, -0.1) is 0 Å². The summed E-state index contributed by atoms with van der Waals surface area (Å²) >= 11 is 5.79. The van der Waals surface area contributed by atoms with Gasteiger partial charge in [-0.2, -0.15) is 13.2 Å². The van der Waals surface area contributed by atoms with Crippen LogP contribution >= 0.6 is 11.6 Å². The molecular weight excluding hydrogens is 353 g/mol. The molecule has 0 saturated carbocycles. The van der Waals surface area contributed by atoms with E-state index in [-0.39, 0.29) is 27.9 Å². The second-order valence-corrected chi connectivity index (χ2v) is 4.89. The SMILES string of the molecule is CONc1cc(Oc2ccc(C(F)(F)F)cc2Cl)ccc1[N+](=O)[O-]. The molecule has 10 heteroatoms. The van der Waals surface area contributed by atoms with Gasteiger partial charge >= 0.3 is 6.18 Å². The minimum atomic E-state index is -4.52. The monoisotopic (exact) mass is 362 g/mol. The highest BCUT2D eigenvalue weighted by Crippen LogP contribution is 2.37. The average molecular weight is 363 g/mol. The number of hydrogen-bond acceptors (Lipinski definition) is 5. The van der Waals surface area contributed by atoms with E-state index in [2.05, 4.69) is 10.3 Å². The number of nitrogens with one attached hydrogen (secondary N) is 1. The molecule has 2 aromatic rings. The van der Waals surface area contributed by atoms with Gasteiger partial charge in [0.25, 0.3) is 5.69 Å². The van der Waals surface area contributed by atoms with Crippen LogP contribution in [0.1, 0.15) is 5.56 Å². The topological polar surface area (TPSA) is 73.6 Å². The van der Waals surface area contributed by atoms with Crippen LogP contribution in [0.2, 0.25) is 5.02 Å². The lowest BCUT2D eigenvalue weighted by Gasteiger charge is -2.12. The lowest BCUT2D eigenvalue weighted by molar-refractivity contribution is -0.384. The van der Waals surface area contributed by atoms with Crippen molar-refractivity contribution in [1.82, 2.24) is 0 Å². The first-order valence-corrected chi connectivity index (χ1v) is 6.72. The summed E-state index contributed by atoms with van der Waals surface area (Å²) in [5.74, 6) is 0.101. The third-order valence-corrected chi connectivity index (χ3v) is 3.16. The van der Waals surface area contributed by atoms with Gasteiger partial charge in [0.05, 0.1) is 22.6 Å². The summed E-state index contributed by atoms with van der Waals surface area (Å²) in [5.41, 5.74) is 1.17. The lowest BCUT2D eigenvalue weighted by atomic mass is 10.2. The Bertz CT molecular complexity index is 768. The number of nitro groups is 1. The van der Waals surface area contributed by atoms with E-state index in [4.69, 9.17) is 16.3 Å². The zero-order valence-electron chi connectivity index (χ0n) is 12.1. The zero-order valence-corrected chi connectivity index (χ0v) is 12.8. The maximum absolute atomic E-state index is 12.6. The van der Waals surface area contributed by atoms with Crippen LogP contribution in [0.5, 0.6) is 11.5 Å². The Balaban J connectivity index is 2.31. The van der Waals surface area contributed by atoms with Crippen molar-refractivity contribution in [3.05, 3.63) is 57.1 Å². The summed E-state index contributed by atoms with van der Waals surface area (Å²) in [6.45, 7) is 0. The van der Waals surface area contributed by atoms with Crippen LogP contribution in [-0.2, 0) is 11.0 Å². The van der Waals surface area contributed by atoms with E-state index in [1.54, 1.807) is 0 Å². The molecule has 0 radical (unpaired) electrons. The summed E-state index contributed by atoms with van der Waals surface area (Å²) in [6, 6.07) is 6.32. The fourth-order valence-electron chi connectivity index (χ4n) is 1.82. The first-order valence-electron chi connectivity index (χ1n) is 6.34. The van der Waals surface area contributed by atoms with Crippen molar-refractivity contribution >= 4 is 23.0 Å². The minimum absolute atomic E-state index is 0.0167. The zero-order chi connectivity index (χ0) is 17.9. The Morgan fingerprint density at radius 2 is 1.92 bits per heavy atom. The molecule has 24 heavy (non-hydrogen) atoms. The molecule has 0 fully saturated rings. The van der Waals surface area contributed by atoms with Crippen molar-refractivity contribution in [3.63, 3.8) is 0 Å². The number of halogens is 4. The Morgan fingerprint density at radius 1 is 1.21 bits per heavy atom. The largest absolute Gasteiger partial charge is 0.456 e. The van der Waals surface area contributed by atoms with E-state index in [0.29, 0.717) is 0 Å². The fraction of sp³-hybridized carbons (Fsp3) is 0.143. The van der Waals surface area contributed by atoms with Gasteiger partial charge in [0.15, 0.2) is 0 Å². The fourth-order valence-corrected chi connectivity index (χ4v) is 2.04. The van der Waals surface area contributed by atoms with Gasteiger partial charge in [0, 0.05) is 12.1 Å². The maximum atomic E-state index is 12.6. The Morgan fingerprint density at radius 3 is 2.46 bits per heavy atom. The Labute approximate surface area is 138 Å². The standard InChI is InChI=1S/C14H10ClF3N2O4/c1-23-19-11-7-9(3-4-12(11)20(21)22)24-13-5-2-8(6-10(13)15)14(16,17)18/h2-7,19H,1H3. The Hall–Kier alpha value is -2.52. The van der Waals surface area contributed by atoms with Gasteiger partial charge in [0.1, 0.15) is 17.2 Å². The van der Waals surface area contributed by atoms with Gasteiger partial charge < -0.3 is 4.74 Å². The molecule has 0 aliphatic rings. The number of hydrogen-bond donors (Lipinski definition) is 1. The molecule has 1 N–H and O–H groups in total. The van der Waals surface area contributed by atoms with Crippen molar-refractivity contribution in [2.24, 2.45) is 0 Å². The van der Waals surface area contributed by atoms with Crippen LogP contribution in [0.4, 0.5) is 24.5 Å². The van der Waals surface area contributed by atoms with E-state index in [0.717, 1.165) is 24.3 Å². The molecule has 0 aliphatic heterocycles. The number of anilines is 1. The van der Waals surface area contributed by atoms with Crippen molar-refractivity contribution in [2.45, 2.75) is 6.18 Å². The van der Waals surface area contributed by atoms with E-state index in [1.165, 1.54) is 19.2 Å². The summed E-state index contributed by atoms with van der Waals surface area (Å²) in [7, 11) is 1.27. The first kappa shape index (κ1) is 17.8. The molecule has 0 atom stereocenters. The van der Waals surface area contributed by atoms with Gasteiger partial charge in [-0.25, -0.2) is 0 Å². The van der Waals surface area contributed by atoms with Gasteiger partial charge in [0.2, 0.25) is 0 Å². The number of ether oxygens (including phenoxy) is 1. The van der Waals surface area contributed by atoms with Crippen LogP contribution in [0.15, 0.2) is 36.4 Å². The van der Waals surface area contributed by atoms with Crippen molar-refractivity contribution in [1.29, 1.82) is 0 Å². The molecule has 0 heterocycles. The minimum Gasteiger partial charge on any atom is -0.456 e. The molecule has 0 saturated heterocycles. The van der Waals surface area contributed by atoms with Crippen LogP contribution in [0, 0.1) is 10.1 Å². The second-order valence-electron chi connectivity index (χ2n) is 4.49. The number of rotatable bonds is 5. The molecule has 0 aliphatic carbocycles. The van der Waals surface area contributed by atoms with Crippen LogP contribution in [0.3, 0.4) is 0 Å². The highest BCUT2D eigenvalue weighted by molar-refractivity contribution is 6.32. The molecule has 0 spiro atoms. The average Bonchev–Trinajstić information content (AvgIpc) is 2.48. The summed E-state index contributed by atoms with van der Waals surface area (Å²) in [5, 5.41) is 10.6. The molecule has 0 aromatic heterocycles. The quantitative estimate of drug-likeness (QED) is 0.596. The molecule has 2 rings (SSSR count). The first-order chi connectivity index (χ1) is 11.2. The van der Waals surface area contributed by atoms with Crippen LogP contribution in [0.25, 0.3) is 0 Å². The second kappa shape index (κ2) is 6.93.